The Bertz CT molecular complexity index is 822. The Labute approximate surface area is 152 Å². The van der Waals surface area contributed by atoms with Crippen LogP contribution < -0.4 is 4.72 Å². The van der Waals surface area contributed by atoms with Crippen molar-refractivity contribution in [2.75, 3.05) is 13.1 Å². The maximum atomic E-state index is 12.3. The predicted octanol–water partition coefficient (Wildman–Crippen LogP) is 2.73. The molecule has 0 spiro atoms. The van der Waals surface area contributed by atoms with Gasteiger partial charge in [-0.3, -0.25) is 4.79 Å². The smallest absolute Gasteiger partial charge is 0.246 e. The van der Waals surface area contributed by atoms with Crippen molar-refractivity contribution in [1.29, 1.82) is 0 Å². The first-order valence-electron chi connectivity index (χ1n) is 8.12. The lowest BCUT2D eigenvalue weighted by Gasteiger charge is -2.31. The molecular formula is C18H20N2O3S2. The number of carbonyl (C=O) groups excluding carboxylic acids is 1. The summed E-state index contributed by atoms with van der Waals surface area (Å²) >= 11 is 1.58. The van der Waals surface area contributed by atoms with Gasteiger partial charge in [0.05, 0.1) is 4.90 Å². The minimum absolute atomic E-state index is 0.0298. The summed E-state index contributed by atoms with van der Waals surface area (Å²) in [5.74, 6) is -0.0298. The van der Waals surface area contributed by atoms with Gasteiger partial charge in [-0.1, -0.05) is 24.3 Å². The molecule has 1 saturated heterocycles. The topological polar surface area (TPSA) is 66.5 Å². The number of amides is 1. The van der Waals surface area contributed by atoms with Gasteiger partial charge in [-0.15, -0.1) is 11.3 Å². The summed E-state index contributed by atoms with van der Waals surface area (Å²) in [6, 6.07) is 12.1. The average Bonchev–Trinajstić information content (AvgIpc) is 3.14. The van der Waals surface area contributed by atoms with Crippen LogP contribution in [-0.2, 0) is 14.8 Å². The van der Waals surface area contributed by atoms with E-state index in [1.54, 1.807) is 52.6 Å². The molecule has 1 fully saturated rings. The van der Waals surface area contributed by atoms with Crippen molar-refractivity contribution < 1.29 is 13.2 Å². The zero-order valence-corrected chi connectivity index (χ0v) is 15.3. The van der Waals surface area contributed by atoms with Crippen molar-refractivity contribution in [1.82, 2.24) is 9.62 Å². The number of benzene rings is 1. The number of nitrogens with one attached hydrogen (secondary N) is 1. The van der Waals surface area contributed by atoms with E-state index in [1.807, 2.05) is 23.6 Å². The van der Waals surface area contributed by atoms with E-state index in [-0.39, 0.29) is 16.8 Å². The quantitative estimate of drug-likeness (QED) is 0.816. The highest BCUT2D eigenvalue weighted by molar-refractivity contribution is 7.89. The molecule has 2 heterocycles. The molecule has 1 amide bonds. The largest absolute Gasteiger partial charge is 0.339 e. The van der Waals surface area contributed by atoms with Gasteiger partial charge in [0, 0.05) is 30.1 Å². The normalized spacial score (nSPS) is 16.4. The molecule has 1 aromatic heterocycles. The Hall–Kier alpha value is -1.96. The first kappa shape index (κ1) is 17.8. The maximum absolute atomic E-state index is 12.3. The molecule has 1 aromatic carbocycles. The summed E-state index contributed by atoms with van der Waals surface area (Å²) < 4.78 is 27.4. The molecule has 0 aliphatic carbocycles. The first-order valence-corrected chi connectivity index (χ1v) is 10.5. The van der Waals surface area contributed by atoms with E-state index in [4.69, 9.17) is 0 Å². The predicted molar refractivity (Wildman–Crippen MR) is 99.7 cm³/mol. The molecule has 0 radical (unpaired) electrons. The molecule has 1 aliphatic heterocycles. The number of rotatable bonds is 5. The van der Waals surface area contributed by atoms with Gasteiger partial charge in [0.1, 0.15) is 0 Å². The van der Waals surface area contributed by atoms with Crippen LogP contribution in [-0.4, -0.2) is 38.4 Å². The number of thiophene rings is 1. The standard InChI is InChI=1S/C18H20N2O3S2/c21-18(9-8-16-5-4-14-24-16)20-12-10-15(11-13-20)19-25(22,23)17-6-2-1-3-7-17/h1-9,14-15,19H,10-13H2/b9-8+. The van der Waals surface area contributed by atoms with E-state index in [1.165, 1.54) is 0 Å². The van der Waals surface area contributed by atoms with E-state index in [0.717, 1.165) is 4.88 Å². The summed E-state index contributed by atoms with van der Waals surface area (Å²) in [5.41, 5.74) is 0. The van der Waals surface area contributed by atoms with Gasteiger partial charge in [-0.05, 0) is 42.5 Å². The van der Waals surface area contributed by atoms with Gasteiger partial charge in [-0.25, -0.2) is 13.1 Å². The van der Waals surface area contributed by atoms with Crippen LogP contribution in [0.25, 0.3) is 6.08 Å². The van der Waals surface area contributed by atoms with E-state index in [9.17, 15) is 13.2 Å². The van der Waals surface area contributed by atoms with Crippen LogP contribution in [0.5, 0.6) is 0 Å². The van der Waals surface area contributed by atoms with Gasteiger partial charge >= 0.3 is 0 Å². The highest BCUT2D eigenvalue weighted by Gasteiger charge is 2.25. The third kappa shape index (κ3) is 4.78. The fourth-order valence-corrected chi connectivity index (χ4v) is 4.69. The second-order valence-corrected chi connectivity index (χ2v) is 8.58. The summed E-state index contributed by atoms with van der Waals surface area (Å²) in [6.07, 6.45) is 4.63. The summed E-state index contributed by atoms with van der Waals surface area (Å²) in [7, 11) is -3.50. The third-order valence-corrected chi connectivity index (χ3v) is 6.49. The second-order valence-electron chi connectivity index (χ2n) is 5.88. The van der Waals surface area contributed by atoms with Crippen molar-refractivity contribution >= 4 is 33.3 Å². The van der Waals surface area contributed by atoms with Crippen molar-refractivity contribution in [3.05, 3.63) is 58.8 Å². The van der Waals surface area contributed by atoms with E-state index in [2.05, 4.69) is 4.72 Å². The van der Waals surface area contributed by atoms with Crippen LogP contribution in [0.3, 0.4) is 0 Å². The number of sulfonamides is 1. The second kappa shape index (κ2) is 7.95. The van der Waals surface area contributed by atoms with Crippen LogP contribution in [0.1, 0.15) is 17.7 Å². The molecule has 1 aliphatic rings. The van der Waals surface area contributed by atoms with Gasteiger partial charge < -0.3 is 4.90 Å². The van der Waals surface area contributed by atoms with Gasteiger partial charge in [0.25, 0.3) is 0 Å². The first-order chi connectivity index (χ1) is 12.0. The number of likely N-dealkylation sites (tertiary alicyclic amines) is 1. The van der Waals surface area contributed by atoms with Crippen LogP contribution in [0.4, 0.5) is 0 Å². The van der Waals surface area contributed by atoms with E-state index in [0.29, 0.717) is 25.9 Å². The molecule has 7 heteroatoms. The van der Waals surface area contributed by atoms with Crippen LogP contribution in [0.2, 0.25) is 0 Å². The molecule has 0 atom stereocenters. The minimum Gasteiger partial charge on any atom is -0.339 e. The third-order valence-electron chi connectivity index (χ3n) is 4.12. The monoisotopic (exact) mass is 376 g/mol. The lowest BCUT2D eigenvalue weighted by atomic mass is 10.1. The highest BCUT2D eigenvalue weighted by Crippen LogP contribution is 2.16. The van der Waals surface area contributed by atoms with Crippen molar-refractivity contribution in [3.63, 3.8) is 0 Å². The van der Waals surface area contributed by atoms with Crippen LogP contribution in [0.15, 0.2) is 58.8 Å². The lowest BCUT2D eigenvalue weighted by Crippen LogP contribution is -2.46. The molecule has 3 rings (SSSR count). The number of hydrogen-bond donors (Lipinski definition) is 1. The van der Waals surface area contributed by atoms with Crippen LogP contribution in [0, 0.1) is 0 Å². The Kier molecular flexibility index (Phi) is 5.67. The molecule has 25 heavy (non-hydrogen) atoms. The number of carbonyl (C=O) groups is 1. The molecule has 5 nitrogen and oxygen atoms in total. The fraction of sp³-hybridized carbons (Fsp3) is 0.278. The highest BCUT2D eigenvalue weighted by atomic mass is 32.2. The van der Waals surface area contributed by atoms with E-state index >= 15 is 0 Å². The van der Waals surface area contributed by atoms with Crippen molar-refractivity contribution in [2.45, 2.75) is 23.8 Å². The number of nitrogens with zero attached hydrogens (tertiary/aromatic N) is 1. The summed E-state index contributed by atoms with van der Waals surface area (Å²) in [6.45, 7) is 1.10. The van der Waals surface area contributed by atoms with Crippen molar-refractivity contribution in [3.8, 4) is 0 Å². The van der Waals surface area contributed by atoms with Crippen molar-refractivity contribution in [2.24, 2.45) is 0 Å². The average molecular weight is 377 g/mol. The van der Waals surface area contributed by atoms with E-state index < -0.39 is 10.0 Å². The molecular weight excluding hydrogens is 356 g/mol. The molecule has 2 aromatic rings. The molecule has 0 unspecified atom stereocenters. The molecule has 1 N–H and O–H groups in total. The Morgan fingerprint density at radius 3 is 2.48 bits per heavy atom. The zero-order chi connectivity index (χ0) is 17.7. The molecule has 0 bridgehead atoms. The fourth-order valence-electron chi connectivity index (χ4n) is 2.75. The number of piperidine rings is 1. The minimum atomic E-state index is -3.50. The maximum Gasteiger partial charge on any atom is 0.246 e. The van der Waals surface area contributed by atoms with Gasteiger partial charge in [0.2, 0.25) is 15.9 Å². The van der Waals surface area contributed by atoms with Gasteiger partial charge in [0.15, 0.2) is 0 Å². The lowest BCUT2D eigenvalue weighted by molar-refractivity contribution is -0.126. The molecule has 0 saturated carbocycles. The van der Waals surface area contributed by atoms with Crippen LogP contribution >= 0.6 is 11.3 Å². The molecule has 132 valence electrons. The Morgan fingerprint density at radius 1 is 1.12 bits per heavy atom. The summed E-state index contributed by atoms with van der Waals surface area (Å²) in [5, 5.41) is 1.97. The Morgan fingerprint density at radius 2 is 1.84 bits per heavy atom. The van der Waals surface area contributed by atoms with Gasteiger partial charge in [-0.2, -0.15) is 0 Å². The Balaban J connectivity index is 1.53. The SMILES string of the molecule is O=C(/C=C/c1cccs1)N1CCC(NS(=O)(=O)c2ccccc2)CC1. The zero-order valence-electron chi connectivity index (χ0n) is 13.7. The summed E-state index contributed by atoms with van der Waals surface area (Å²) in [4.78, 5) is 15.3. The number of hydrogen-bond acceptors (Lipinski definition) is 4.